The molecule has 1 aromatic rings. The molecule has 0 bridgehead atoms. The fourth-order valence-corrected chi connectivity index (χ4v) is 3.58. The third kappa shape index (κ3) is 3.56. The maximum atomic E-state index is 12.7. The van der Waals surface area contributed by atoms with E-state index >= 15 is 0 Å². The lowest BCUT2D eigenvalue weighted by molar-refractivity contribution is -0.136. The van der Waals surface area contributed by atoms with Crippen LogP contribution in [-0.2, 0) is 9.59 Å². The molecule has 0 aromatic heterocycles. The van der Waals surface area contributed by atoms with Crippen LogP contribution in [0, 0.1) is 5.92 Å². The molecule has 136 valence electrons. The number of hydrogen-bond donors (Lipinski definition) is 1. The zero-order valence-corrected chi connectivity index (χ0v) is 14.7. The molecule has 1 aromatic carbocycles. The largest absolute Gasteiger partial charge is 0.493 e. The zero-order valence-electron chi connectivity index (χ0n) is 14.7. The van der Waals surface area contributed by atoms with Gasteiger partial charge in [0, 0.05) is 43.9 Å². The first-order valence-electron chi connectivity index (χ1n) is 8.60. The van der Waals surface area contributed by atoms with Gasteiger partial charge in [-0.2, -0.15) is 0 Å². The van der Waals surface area contributed by atoms with Crippen molar-refractivity contribution in [1.82, 2.24) is 4.90 Å². The monoisotopic (exact) mass is 347 g/mol. The molecule has 3 rings (SSSR count). The number of anilines is 1. The summed E-state index contributed by atoms with van der Waals surface area (Å²) in [5.41, 5.74) is 6.69. The van der Waals surface area contributed by atoms with Crippen molar-refractivity contribution in [2.75, 3.05) is 38.8 Å². The smallest absolute Gasteiger partial charge is 0.228 e. The molecule has 2 fully saturated rings. The van der Waals surface area contributed by atoms with Gasteiger partial charge < -0.3 is 25.0 Å². The summed E-state index contributed by atoms with van der Waals surface area (Å²) in [5, 5.41) is 0. The number of carbonyl (C=O) groups is 2. The summed E-state index contributed by atoms with van der Waals surface area (Å²) in [4.78, 5) is 28.6. The first kappa shape index (κ1) is 17.5. The van der Waals surface area contributed by atoms with E-state index in [9.17, 15) is 9.59 Å². The fourth-order valence-electron chi connectivity index (χ4n) is 3.58. The molecule has 2 heterocycles. The van der Waals surface area contributed by atoms with E-state index in [1.54, 1.807) is 31.3 Å². The number of methoxy groups -OCH3 is 2. The van der Waals surface area contributed by atoms with Crippen LogP contribution in [-0.4, -0.2) is 56.6 Å². The predicted molar refractivity (Wildman–Crippen MR) is 93.8 cm³/mol. The number of carbonyl (C=O) groups excluding carboxylic acids is 2. The van der Waals surface area contributed by atoms with Crippen molar-refractivity contribution in [3.63, 3.8) is 0 Å². The minimum atomic E-state index is -0.314. The SMILES string of the molecule is COc1ccc(N2C[C@@H](C(=O)N3CCC[C@H](N)C3)CC2=O)cc1OC. The second kappa shape index (κ2) is 7.31. The molecule has 2 amide bonds. The standard InChI is InChI=1S/C18H25N3O4/c1-24-15-6-5-14(9-16(15)25-2)21-10-12(8-17(21)22)18(23)20-7-3-4-13(19)11-20/h5-6,9,12-13H,3-4,7-8,10-11,19H2,1-2H3/t12-,13-/m0/s1. The molecule has 2 saturated heterocycles. The van der Waals surface area contributed by atoms with Gasteiger partial charge in [0.1, 0.15) is 0 Å². The van der Waals surface area contributed by atoms with E-state index in [0.717, 1.165) is 19.4 Å². The lowest BCUT2D eigenvalue weighted by Gasteiger charge is -2.32. The molecule has 7 heteroatoms. The summed E-state index contributed by atoms with van der Waals surface area (Å²) in [6.07, 6.45) is 2.11. The van der Waals surface area contributed by atoms with Crippen LogP contribution < -0.4 is 20.1 Å². The van der Waals surface area contributed by atoms with Crippen molar-refractivity contribution >= 4 is 17.5 Å². The Balaban J connectivity index is 1.73. The Labute approximate surface area is 147 Å². The van der Waals surface area contributed by atoms with E-state index in [4.69, 9.17) is 15.2 Å². The van der Waals surface area contributed by atoms with Gasteiger partial charge in [-0.1, -0.05) is 0 Å². The quantitative estimate of drug-likeness (QED) is 0.878. The molecule has 0 aliphatic carbocycles. The van der Waals surface area contributed by atoms with Crippen molar-refractivity contribution < 1.29 is 19.1 Å². The maximum Gasteiger partial charge on any atom is 0.228 e. The average molecular weight is 347 g/mol. The zero-order chi connectivity index (χ0) is 18.0. The number of amides is 2. The molecule has 0 radical (unpaired) electrons. The molecule has 2 atom stereocenters. The molecule has 0 unspecified atom stereocenters. The highest BCUT2D eigenvalue weighted by molar-refractivity contribution is 6.00. The van der Waals surface area contributed by atoms with E-state index < -0.39 is 0 Å². The number of nitrogens with zero attached hydrogens (tertiary/aromatic N) is 2. The number of piperidine rings is 1. The number of hydrogen-bond acceptors (Lipinski definition) is 5. The summed E-state index contributed by atoms with van der Waals surface area (Å²) in [7, 11) is 3.12. The van der Waals surface area contributed by atoms with Crippen LogP contribution >= 0.6 is 0 Å². The van der Waals surface area contributed by atoms with Crippen LogP contribution in [0.5, 0.6) is 11.5 Å². The van der Waals surface area contributed by atoms with Crippen molar-refractivity contribution in [1.29, 1.82) is 0 Å². The topological polar surface area (TPSA) is 85.1 Å². The molecule has 25 heavy (non-hydrogen) atoms. The Hall–Kier alpha value is -2.28. The van der Waals surface area contributed by atoms with Gasteiger partial charge in [0.05, 0.1) is 20.1 Å². The number of nitrogens with two attached hydrogens (primary N) is 1. The van der Waals surface area contributed by atoms with E-state index in [2.05, 4.69) is 0 Å². The van der Waals surface area contributed by atoms with Crippen molar-refractivity contribution in [3.8, 4) is 11.5 Å². The minimum Gasteiger partial charge on any atom is -0.493 e. The Morgan fingerprint density at radius 2 is 1.96 bits per heavy atom. The van der Waals surface area contributed by atoms with Gasteiger partial charge in [-0.05, 0) is 25.0 Å². The van der Waals surface area contributed by atoms with Gasteiger partial charge in [0.25, 0.3) is 0 Å². The normalized spacial score (nSPS) is 23.7. The summed E-state index contributed by atoms with van der Waals surface area (Å²) in [6, 6.07) is 5.38. The fraction of sp³-hybridized carbons (Fsp3) is 0.556. The lowest BCUT2D eigenvalue weighted by atomic mass is 10.0. The van der Waals surface area contributed by atoms with Gasteiger partial charge in [-0.3, -0.25) is 9.59 Å². The number of likely N-dealkylation sites (tertiary alicyclic amines) is 1. The molecule has 0 saturated carbocycles. The maximum absolute atomic E-state index is 12.7. The second-order valence-corrected chi connectivity index (χ2v) is 6.63. The number of ether oxygens (including phenoxy) is 2. The molecule has 2 aliphatic rings. The summed E-state index contributed by atoms with van der Waals surface area (Å²) >= 11 is 0. The molecular weight excluding hydrogens is 322 g/mol. The van der Waals surface area contributed by atoms with E-state index in [0.29, 0.717) is 30.3 Å². The van der Waals surface area contributed by atoms with Crippen LogP contribution in [0.2, 0.25) is 0 Å². The number of benzene rings is 1. The Bertz CT molecular complexity index is 664. The van der Waals surface area contributed by atoms with Gasteiger partial charge in [0.15, 0.2) is 11.5 Å². The minimum absolute atomic E-state index is 0.0338. The van der Waals surface area contributed by atoms with Gasteiger partial charge in [-0.15, -0.1) is 0 Å². The molecular formula is C18H25N3O4. The van der Waals surface area contributed by atoms with Crippen molar-refractivity contribution in [2.45, 2.75) is 25.3 Å². The van der Waals surface area contributed by atoms with Crippen LogP contribution in [0.25, 0.3) is 0 Å². The van der Waals surface area contributed by atoms with E-state index in [1.165, 1.54) is 0 Å². The van der Waals surface area contributed by atoms with Gasteiger partial charge in [-0.25, -0.2) is 0 Å². The Morgan fingerprint density at radius 3 is 2.64 bits per heavy atom. The summed E-state index contributed by atoms with van der Waals surface area (Å²) in [6.45, 7) is 1.70. The first-order valence-corrected chi connectivity index (χ1v) is 8.60. The van der Waals surface area contributed by atoms with E-state index in [-0.39, 0.29) is 30.2 Å². The molecule has 7 nitrogen and oxygen atoms in total. The molecule has 0 spiro atoms. The van der Waals surface area contributed by atoms with Gasteiger partial charge >= 0.3 is 0 Å². The highest BCUT2D eigenvalue weighted by atomic mass is 16.5. The summed E-state index contributed by atoms with van der Waals surface area (Å²) in [5.74, 6) is 0.835. The third-order valence-corrected chi connectivity index (χ3v) is 4.92. The predicted octanol–water partition coefficient (Wildman–Crippen LogP) is 1.01. The first-order chi connectivity index (χ1) is 12.0. The van der Waals surface area contributed by atoms with Crippen LogP contribution in [0.4, 0.5) is 5.69 Å². The van der Waals surface area contributed by atoms with Crippen LogP contribution in [0.1, 0.15) is 19.3 Å². The van der Waals surface area contributed by atoms with Crippen LogP contribution in [0.15, 0.2) is 18.2 Å². The van der Waals surface area contributed by atoms with Crippen molar-refractivity contribution in [2.24, 2.45) is 11.7 Å². The lowest BCUT2D eigenvalue weighted by Crippen LogP contribution is -2.48. The van der Waals surface area contributed by atoms with Crippen molar-refractivity contribution in [3.05, 3.63) is 18.2 Å². The highest BCUT2D eigenvalue weighted by Gasteiger charge is 2.38. The Morgan fingerprint density at radius 1 is 1.20 bits per heavy atom. The average Bonchev–Trinajstić information content (AvgIpc) is 3.02. The van der Waals surface area contributed by atoms with Crippen LogP contribution in [0.3, 0.4) is 0 Å². The molecule has 2 aliphatic heterocycles. The second-order valence-electron chi connectivity index (χ2n) is 6.63. The Kier molecular flexibility index (Phi) is 5.13. The number of rotatable bonds is 4. The molecule has 2 N–H and O–H groups in total. The third-order valence-electron chi connectivity index (χ3n) is 4.92. The van der Waals surface area contributed by atoms with E-state index in [1.807, 2.05) is 11.0 Å². The highest BCUT2D eigenvalue weighted by Crippen LogP contribution is 2.34. The van der Waals surface area contributed by atoms with Gasteiger partial charge in [0.2, 0.25) is 11.8 Å². The summed E-state index contributed by atoms with van der Waals surface area (Å²) < 4.78 is 10.5.